The van der Waals surface area contributed by atoms with Gasteiger partial charge in [0.2, 0.25) is 0 Å². The highest BCUT2D eigenvalue weighted by Gasteiger charge is 2.35. The fraction of sp³-hybridized carbons (Fsp3) is 0.100. The van der Waals surface area contributed by atoms with Gasteiger partial charge in [-0.05, 0) is 55.3 Å². The van der Waals surface area contributed by atoms with Crippen molar-refractivity contribution in [1.82, 2.24) is 0 Å². The molecular formula is C20H13Cl2NO2. The van der Waals surface area contributed by atoms with Crippen molar-refractivity contribution in [3.8, 4) is 0 Å². The first-order valence-electron chi connectivity index (χ1n) is 7.77. The summed E-state index contributed by atoms with van der Waals surface area (Å²) in [6, 6.07) is 12.2. The van der Waals surface area contributed by atoms with Crippen LogP contribution in [0.2, 0.25) is 10.0 Å². The van der Waals surface area contributed by atoms with E-state index >= 15 is 0 Å². The van der Waals surface area contributed by atoms with Crippen molar-refractivity contribution in [1.29, 1.82) is 0 Å². The molecule has 0 aliphatic carbocycles. The minimum absolute atomic E-state index is 0.366. The van der Waals surface area contributed by atoms with Gasteiger partial charge in [-0.1, -0.05) is 35.3 Å². The van der Waals surface area contributed by atoms with Crippen LogP contribution in [0, 0.1) is 13.8 Å². The van der Waals surface area contributed by atoms with E-state index in [4.69, 9.17) is 23.2 Å². The molecule has 0 radical (unpaired) electrons. The molecular weight excluding hydrogens is 357 g/mol. The second-order valence-electron chi connectivity index (χ2n) is 6.10. The Hall–Kier alpha value is -2.36. The van der Waals surface area contributed by atoms with Crippen LogP contribution in [0.25, 0.3) is 10.8 Å². The molecule has 0 atom stereocenters. The molecule has 1 heterocycles. The standard InChI is InChI=1S/C20H13Cl2NO2/c1-10-4-3-5-16(11(10)2)23-19(24)12-6-8-14(21)18-15(22)9-7-13(17(12)18)20(23)25/h3-9H,1-2H3. The summed E-state index contributed by atoms with van der Waals surface area (Å²) in [5, 5.41) is 1.91. The molecule has 0 fully saturated rings. The van der Waals surface area contributed by atoms with E-state index in [1.165, 1.54) is 4.90 Å². The zero-order valence-electron chi connectivity index (χ0n) is 13.6. The van der Waals surface area contributed by atoms with Crippen molar-refractivity contribution in [3.05, 3.63) is 74.8 Å². The van der Waals surface area contributed by atoms with E-state index in [-0.39, 0.29) is 11.8 Å². The first-order valence-corrected chi connectivity index (χ1v) is 8.53. The predicted molar refractivity (Wildman–Crippen MR) is 101 cm³/mol. The van der Waals surface area contributed by atoms with E-state index in [0.29, 0.717) is 37.6 Å². The molecule has 2 amide bonds. The zero-order valence-corrected chi connectivity index (χ0v) is 15.1. The summed E-state index contributed by atoms with van der Waals surface area (Å²) in [6.45, 7) is 3.85. The first kappa shape index (κ1) is 16.1. The summed E-state index contributed by atoms with van der Waals surface area (Å²) in [6.07, 6.45) is 0. The molecule has 0 saturated carbocycles. The molecule has 3 aromatic rings. The Labute approximate surface area is 154 Å². The Morgan fingerprint density at radius 2 is 1.32 bits per heavy atom. The average molecular weight is 370 g/mol. The molecule has 0 spiro atoms. The zero-order chi connectivity index (χ0) is 17.9. The molecule has 0 aromatic heterocycles. The van der Waals surface area contributed by atoms with Crippen LogP contribution in [0.1, 0.15) is 31.8 Å². The Balaban J connectivity index is 2.05. The molecule has 1 aliphatic rings. The maximum atomic E-state index is 13.1. The van der Waals surface area contributed by atoms with Gasteiger partial charge in [0.1, 0.15) is 0 Å². The fourth-order valence-electron chi connectivity index (χ4n) is 3.30. The Kier molecular flexibility index (Phi) is 3.60. The highest BCUT2D eigenvalue weighted by atomic mass is 35.5. The summed E-state index contributed by atoms with van der Waals surface area (Å²) in [5.41, 5.74) is 3.36. The molecule has 0 saturated heterocycles. The average Bonchev–Trinajstić information content (AvgIpc) is 2.58. The van der Waals surface area contributed by atoms with Gasteiger partial charge in [-0.15, -0.1) is 0 Å². The third-order valence-electron chi connectivity index (χ3n) is 4.74. The van der Waals surface area contributed by atoms with Crippen LogP contribution in [0.15, 0.2) is 42.5 Å². The molecule has 124 valence electrons. The predicted octanol–water partition coefficient (Wildman–Crippen LogP) is 5.56. The summed E-state index contributed by atoms with van der Waals surface area (Å²) in [5.74, 6) is -0.731. The maximum Gasteiger partial charge on any atom is 0.265 e. The van der Waals surface area contributed by atoms with Gasteiger partial charge in [0, 0.05) is 31.9 Å². The maximum absolute atomic E-state index is 13.1. The highest BCUT2D eigenvalue weighted by Crippen LogP contribution is 2.40. The lowest BCUT2D eigenvalue weighted by molar-refractivity contribution is 0.0893. The van der Waals surface area contributed by atoms with Crippen molar-refractivity contribution < 1.29 is 9.59 Å². The number of benzene rings is 3. The number of halogens is 2. The number of aryl methyl sites for hydroxylation is 1. The quantitative estimate of drug-likeness (QED) is 0.526. The SMILES string of the molecule is Cc1cccc(N2C(=O)c3ccc(Cl)c4c(Cl)ccc(c34)C2=O)c1C. The highest BCUT2D eigenvalue weighted by molar-refractivity contribution is 6.46. The van der Waals surface area contributed by atoms with Crippen LogP contribution in [0.3, 0.4) is 0 Å². The summed E-state index contributed by atoms with van der Waals surface area (Å²) in [7, 11) is 0. The monoisotopic (exact) mass is 369 g/mol. The summed E-state index contributed by atoms with van der Waals surface area (Å²) < 4.78 is 0. The lowest BCUT2D eigenvalue weighted by atomic mass is 9.93. The fourth-order valence-corrected chi connectivity index (χ4v) is 3.87. The largest absolute Gasteiger partial charge is 0.268 e. The third-order valence-corrected chi connectivity index (χ3v) is 5.37. The van der Waals surface area contributed by atoms with E-state index in [9.17, 15) is 9.59 Å². The number of hydrogen-bond acceptors (Lipinski definition) is 2. The van der Waals surface area contributed by atoms with Gasteiger partial charge >= 0.3 is 0 Å². The van der Waals surface area contributed by atoms with Crippen molar-refractivity contribution in [2.75, 3.05) is 4.90 Å². The van der Waals surface area contributed by atoms with Crippen LogP contribution in [-0.2, 0) is 0 Å². The molecule has 4 rings (SSSR count). The van der Waals surface area contributed by atoms with Crippen LogP contribution < -0.4 is 4.90 Å². The van der Waals surface area contributed by atoms with Crippen molar-refractivity contribution in [2.24, 2.45) is 0 Å². The topological polar surface area (TPSA) is 37.4 Å². The van der Waals surface area contributed by atoms with Gasteiger partial charge < -0.3 is 0 Å². The van der Waals surface area contributed by atoms with Gasteiger partial charge in [-0.2, -0.15) is 0 Å². The number of anilines is 1. The second-order valence-corrected chi connectivity index (χ2v) is 6.92. The molecule has 5 heteroatoms. The van der Waals surface area contributed by atoms with Crippen molar-refractivity contribution in [3.63, 3.8) is 0 Å². The molecule has 0 bridgehead atoms. The normalized spacial score (nSPS) is 13.7. The molecule has 3 nitrogen and oxygen atoms in total. The van der Waals surface area contributed by atoms with E-state index in [1.54, 1.807) is 30.3 Å². The summed E-state index contributed by atoms with van der Waals surface area (Å²) >= 11 is 12.5. The van der Waals surface area contributed by atoms with E-state index in [1.807, 2.05) is 26.0 Å². The minimum atomic E-state index is -0.366. The van der Waals surface area contributed by atoms with Crippen LogP contribution in [0.5, 0.6) is 0 Å². The number of nitrogens with zero attached hydrogens (tertiary/aromatic N) is 1. The van der Waals surface area contributed by atoms with Gasteiger partial charge in [-0.3, -0.25) is 9.59 Å². The first-order chi connectivity index (χ1) is 11.9. The lowest BCUT2D eigenvalue weighted by Crippen LogP contribution is -2.41. The Morgan fingerprint density at radius 1 is 0.760 bits per heavy atom. The lowest BCUT2D eigenvalue weighted by Gasteiger charge is -2.29. The third kappa shape index (κ3) is 2.20. The number of rotatable bonds is 1. The van der Waals surface area contributed by atoms with Crippen LogP contribution >= 0.6 is 23.2 Å². The summed E-state index contributed by atoms with van der Waals surface area (Å²) in [4.78, 5) is 27.5. The number of carbonyl (C=O) groups is 2. The Morgan fingerprint density at radius 3 is 1.88 bits per heavy atom. The number of carbonyl (C=O) groups excluding carboxylic acids is 2. The van der Waals surface area contributed by atoms with Gasteiger partial charge in [-0.25, -0.2) is 4.90 Å². The molecule has 3 aromatic carbocycles. The van der Waals surface area contributed by atoms with Gasteiger partial charge in [0.05, 0.1) is 5.69 Å². The van der Waals surface area contributed by atoms with E-state index in [0.717, 1.165) is 11.1 Å². The van der Waals surface area contributed by atoms with Gasteiger partial charge in [0.25, 0.3) is 11.8 Å². The molecule has 1 aliphatic heterocycles. The molecule has 0 unspecified atom stereocenters. The molecule has 0 N–H and O–H groups in total. The number of amides is 2. The Bertz CT molecular complexity index is 1030. The smallest absolute Gasteiger partial charge is 0.265 e. The molecule has 25 heavy (non-hydrogen) atoms. The van der Waals surface area contributed by atoms with Crippen LogP contribution in [0.4, 0.5) is 5.69 Å². The van der Waals surface area contributed by atoms with Crippen molar-refractivity contribution >= 4 is 51.5 Å². The van der Waals surface area contributed by atoms with Crippen molar-refractivity contribution in [2.45, 2.75) is 13.8 Å². The van der Waals surface area contributed by atoms with E-state index in [2.05, 4.69) is 0 Å². The van der Waals surface area contributed by atoms with Crippen LogP contribution in [-0.4, -0.2) is 11.8 Å². The number of hydrogen-bond donors (Lipinski definition) is 0. The number of imide groups is 1. The van der Waals surface area contributed by atoms with E-state index < -0.39 is 0 Å². The minimum Gasteiger partial charge on any atom is -0.268 e. The van der Waals surface area contributed by atoms with Gasteiger partial charge in [0.15, 0.2) is 0 Å². The second kappa shape index (κ2) is 5.58.